The molecule has 0 spiro atoms. The van der Waals surface area contributed by atoms with Crippen LogP contribution in [-0.2, 0) is 11.4 Å². The first kappa shape index (κ1) is 23.8. The zero-order valence-corrected chi connectivity index (χ0v) is 21.8. The van der Waals surface area contributed by atoms with E-state index in [4.69, 9.17) is 33.3 Å². The summed E-state index contributed by atoms with van der Waals surface area (Å²) in [4.78, 5) is 15.2. The summed E-state index contributed by atoms with van der Waals surface area (Å²) in [6.45, 7) is 2.28. The molecule has 0 atom stereocenters. The lowest BCUT2D eigenvalue weighted by atomic mass is 10.1. The van der Waals surface area contributed by atoms with E-state index in [1.165, 1.54) is 11.8 Å². The topological polar surface area (TPSA) is 38.8 Å². The summed E-state index contributed by atoms with van der Waals surface area (Å²) in [5.74, 6) is 0.948. The summed E-state index contributed by atoms with van der Waals surface area (Å²) < 4.78 is 12.8. The second kappa shape index (κ2) is 10.3. The van der Waals surface area contributed by atoms with Crippen LogP contribution in [0.2, 0.25) is 5.02 Å². The van der Waals surface area contributed by atoms with Crippen molar-refractivity contribution in [2.75, 3.05) is 12.0 Å². The molecule has 0 aromatic heterocycles. The largest absolute Gasteiger partial charge is 0.493 e. The third-order valence-corrected chi connectivity index (χ3v) is 7.19. The van der Waals surface area contributed by atoms with E-state index in [1.54, 1.807) is 18.1 Å². The molecule has 1 aliphatic rings. The van der Waals surface area contributed by atoms with Gasteiger partial charge >= 0.3 is 0 Å². The number of thioether (sulfide) groups is 1. The predicted octanol–water partition coefficient (Wildman–Crippen LogP) is 7.40. The number of hydrogen-bond acceptors (Lipinski definition) is 5. The molecule has 4 nitrogen and oxygen atoms in total. The number of carbonyl (C=O) groups is 1. The van der Waals surface area contributed by atoms with Crippen LogP contribution in [-0.4, -0.2) is 17.3 Å². The molecule has 1 amide bonds. The van der Waals surface area contributed by atoms with Crippen LogP contribution in [0.3, 0.4) is 0 Å². The lowest BCUT2D eigenvalue weighted by Gasteiger charge is -2.15. The molecule has 0 aliphatic carbocycles. The molecular formula is C25H19BrClNO3S2. The molecule has 0 bridgehead atoms. The molecule has 1 fully saturated rings. The van der Waals surface area contributed by atoms with Crippen molar-refractivity contribution in [3.05, 3.63) is 91.8 Å². The Morgan fingerprint density at radius 3 is 2.67 bits per heavy atom. The van der Waals surface area contributed by atoms with Gasteiger partial charge in [0, 0.05) is 10.6 Å². The van der Waals surface area contributed by atoms with Gasteiger partial charge in [0.1, 0.15) is 6.61 Å². The lowest BCUT2D eigenvalue weighted by molar-refractivity contribution is -0.113. The van der Waals surface area contributed by atoms with E-state index < -0.39 is 0 Å². The minimum atomic E-state index is -0.148. The fourth-order valence-electron chi connectivity index (χ4n) is 3.34. The summed E-state index contributed by atoms with van der Waals surface area (Å²) in [5, 5.41) is 0.639. The molecule has 33 heavy (non-hydrogen) atoms. The maximum Gasteiger partial charge on any atom is 0.270 e. The zero-order valence-electron chi connectivity index (χ0n) is 17.8. The minimum absolute atomic E-state index is 0.148. The summed E-state index contributed by atoms with van der Waals surface area (Å²) in [5.41, 5.74) is 3.49. The van der Waals surface area contributed by atoms with Crippen molar-refractivity contribution in [2.45, 2.75) is 13.5 Å². The average molecular weight is 561 g/mol. The maximum atomic E-state index is 13.1. The normalized spacial score (nSPS) is 14.8. The van der Waals surface area contributed by atoms with Crippen molar-refractivity contribution < 1.29 is 14.3 Å². The number of nitrogens with zero attached hydrogens (tertiary/aromatic N) is 1. The smallest absolute Gasteiger partial charge is 0.270 e. The van der Waals surface area contributed by atoms with Gasteiger partial charge in [-0.05, 0) is 70.4 Å². The van der Waals surface area contributed by atoms with E-state index in [1.807, 2.05) is 67.6 Å². The van der Waals surface area contributed by atoms with Crippen LogP contribution in [0.4, 0.5) is 5.69 Å². The Bertz CT molecular complexity index is 1280. The predicted molar refractivity (Wildman–Crippen MR) is 143 cm³/mol. The van der Waals surface area contributed by atoms with E-state index in [0.717, 1.165) is 22.4 Å². The Morgan fingerprint density at radius 2 is 1.94 bits per heavy atom. The van der Waals surface area contributed by atoms with Gasteiger partial charge in [0.05, 0.1) is 22.2 Å². The monoisotopic (exact) mass is 559 g/mol. The number of ether oxygens (including phenoxy) is 2. The van der Waals surface area contributed by atoms with Crippen LogP contribution in [0.25, 0.3) is 6.08 Å². The SMILES string of the molecule is COc1cc(/C=C2\SC(=S)N(c3cccc(C)c3)C2=O)cc(Br)c1OCc1ccccc1Cl. The van der Waals surface area contributed by atoms with Crippen molar-refractivity contribution >= 4 is 73.5 Å². The van der Waals surface area contributed by atoms with E-state index >= 15 is 0 Å². The third-order valence-electron chi connectivity index (χ3n) is 4.93. The summed E-state index contributed by atoms with van der Waals surface area (Å²) in [7, 11) is 1.57. The number of hydrogen-bond donors (Lipinski definition) is 0. The molecule has 1 saturated heterocycles. The van der Waals surface area contributed by atoms with Crippen LogP contribution in [0.5, 0.6) is 11.5 Å². The standard InChI is InChI=1S/C25H19BrClNO3S2/c1-15-6-5-8-18(10-15)28-24(29)22(33-25(28)32)13-16-11-19(26)23(21(12-16)30-2)31-14-17-7-3-4-9-20(17)27/h3-13H,14H2,1-2H3/b22-13-. The highest BCUT2D eigenvalue weighted by Gasteiger charge is 2.33. The first-order chi connectivity index (χ1) is 15.9. The van der Waals surface area contributed by atoms with Gasteiger partial charge in [-0.3, -0.25) is 9.69 Å². The first-order valence-corrected chi connectivity index (χ1v) is 12.4. The van der Waals surface area contributed by atoms with E-state index in [9.17, 15) is 4.79 Å². The van der Waals surface area contributed by atoms with Crippen molar-refractivity contribution in [3.63, 3.8) is 0 Å². The van der Waals surface area contributed by atoms with E-state index in [2.05, 4.69) is 15.9 Å². The molecule has 3 aromatic carbocycles. The highest BCUT2D eigenvalue weighted by atomic mass is 79.9. The van der Waals surface area contributed by atoms with Gasteiger partial charge in [-0.2, -0.15) is 0 Å². The first-order valence-electron chi connectivity index (χ1n) is 9.95. The van der Waals surface area contributed by atoms with Gasteiger partial charge in [-0.25, -0.2) is 0 Å². The molecule has 0 saturated carbocycles. The Hall–Kier alpha value is -2.32. The zero-order chi connectivity index (χ0) is 23.5. The van der Waals surface area contributed by atoms with Gasteiger partial charge in [0.15, 0.2) is 15.8 Å². The molecule has 0 radical (unpaired) electrons. The lowest BCUT2D eigenvalue weighted by Crippen LogP contribution is -2.27. The number of benzene rings is 3. The van der Waals surface area contributed by atoms with E-state index in [-0.39, 0.29) is 5.91 Å². The van der Waals surface area contributed by atoms with Crippen molar-refractivity contribution in [1.29, 1.82) is 0 Å². The molecule has 1 heterocycles. The minimum Gasteiger partial charge on any atom is -0.493 e. The Kier molecular flexibility index (Phi) is 7.44. The molecule has 8 heteroatoms. The van der Waals surface area contributed by atoms with Crippen LogP contribution in [0.1, 0.15) is 16.7 Å². The van der Waals surface area contributed by atoms with Gasteiger partial charge in [0.25, 0.3) is 5.91 Å². The quantitative estimate of drug-likeness (QED) is 0.232. The average Bonchev–Trinajstić information content (AvgIpc) is 3.06. The van der Waals surface area contributed by atoms with Crippen molar-refractivity contribution in [1.82, 2.24) is 0 Å². The molecule has 168 valence electrons. The van der Waals surface area contributed by atoms with Gasteiger partial charge in [-0.15, -0.1) is 0 Å². The van der Waals surface area contributed by atoms with Gasteiger partial charge < -0.3 is 9.47 Å². The molecule has 1 aliphatic heterocycles. The molecular weight excluding hydrogens is 542 g/mol. The summed E-state index contributed by atoms with van der Waals surface area (Å²) in [6, 6.07) is 18.9. The maximum absolute atomic E-state index is 13.1. The fourth-order valence-corrected chi connectivity index (χ4v) is 5.40. The number of halogens is 2. The molecule has 0 unspecified atom stereocenters. The number of thiocarbonyl (C=S) groups is 1. The number of methoxy groups -OCH3 is 1. The number of anilines is 1. The van der Waals surface area contributed by atoms with Gasteiger partial charge in [-0.1, -0.05) is 65.9 Å². The number of rotatable bonds is 6. The van der Waals surface area contributed by atoms with Crippen LogP contribution in [0, 0.1) is 6.92 Å². The van der Waals surface area contributed by atoms with Crippen molar-refractivity contribution in [3.8, 4) is 11.5 Å². The van der Waals surface area contributed by atoms with Gasteiger partial charge in [0.2, 0.25) is 0 Å². The Labute approximate surface area is 215 Å². The number of carbonyl (C=O) groups excluding carboxylic acids is 1. The molecule has 3 aromatic rings. The second-order valence-electron chi connectivity index (χ2n) is 7.27. The van der Waals surface area contributed by atoms with Crippen LogP contribution >= 0.6 is 51.5 Å². The van der Waals surface area contributed by atoms with Crippen molar-refractivity contribution in [2.24, 2.45) is 0 Å². The highest BCUT2D eigenvalue weighted by molar-refractivity contribution is 9.10. The summed E-state index contributed by atoms with van der Waals surface area (Å²) in [6.07, 6.45) is 1.81. The summed E-state index contributed by atoms with van der Waals surface area (Å²) >= 11 is 16.6. The third kappa shape index (κ3) is 5.27. The van der Waals surface area contributed by atoms with E-state index in [0.29, 0.717) is 36.8 Å². The number of aryl methyl sites for hydroxylation is 1. The second-order valence-corrected chi connectivity index (χ2v) is 10.2. The Morgan fingerprint density at radius 1 is 1.15 bits per heavy atom. The fraction of sp³-hybridized carbons (Fsp3) is 0.120. The van der Waals surface area contributed by atoms with Crippen LogP contribution in [0.15, 0.2) is 70.0 Å². The number of amides is 1. The molecule has 4 rings (SSSR count). The van der Waals surface area contributed by atoms with Crippen LogP contribution < -0.4 is 14.4 Å². The highest BCUT2D eigenvalue weighted by Crippen LogP contribution is 2.40. The Balaban J connectivity index is 1.59. The molecule has 0 N–H and O–H groups in total.